The second-order valence-electron chi connectivity index (χ2n) is 5.90. The summed E-state index contributed by atoms with van der Waals surface area (Å²) in [6, 6.07) is 0. The predicted molar refractivity (Wildman–Crippen MR) is 75.7 cm³/mol. The third kappa shape index (κ3) is 2.85. The van der Waals surface area contributed by atoms with Crippen LogP contribution in [0.3, 0.4) is 0 Å². The van der Waals surface area contributed by atoms with Crippen molar-refractivity contribution in [3.8, 4) is 0 Å². The molecular formula is C15H21NO6. The zero-order valence-corrected chi connectivity index (χ0v) is 12.4. The lowest BCUT2D eigenvalue weighted by atomic mass is 9.94. The molecule has 7 heteroatoms. The van der Waals surface area contributed by atoms with Crippen molar-refractivity contribution in [1.82, 2.24) is 5.32 Å². The molecule has 22 heavy (non-hydrogen) atoms. The van der Waals surface area contributed by atoms with Gasteiger partial charge in [-0.05, 0) is 26.2 Å². The minimum atomic E-state index is -1.13. The van der Waals surface area contributed by atoms with Gasteiger partial charge in [0, 0.05) is 5.92 Å². The Morgan fingerprint density at radius 1 is 1.36 bits per heavy atom. The smallest absolute Gasteiger partial charge is 0.332 e. The van der Waals surface area contributed by atoms with Gasteiger partial charge in [-0.1, -0.05) is 6.08 Å². The van der Waals surface area contributed by atoms with Crippen molar-refractivity contribution >= 4 is 17.8 Å². The van der Waals surface area contributed by atoms with Gasteiger partial charge >= 0.3 is 11.9 Å². The second-order valence-corrected chi connectivity index (χ2v) is 5.90. The van der Waals surface area contributed by atoms with Gasteiger partial charge in [-0.3, -0.25) is 9.59 Å². The molecule has 2 aliphatic carbocycles. The third-order valence-corrected chi connectivity index (χ3v) is 4.48. The van der Waals surface area contributed by atoms with Crippen LogP contribution in [-0.2, 0) is 19.1 Å². The van der Waals surface area contributed by atoms with Crippen LogP contribution >= 0.6 is 0 Å². The lowest BCUT2D eigenvalue weighted by Gasteiger charge is -2.21. The third-order valence-electron chi connectivity index (χ3n) is 4.48. The van der Waals surface area contributed by atoms with E-state index in [0.29, 0.717) is 6.42 Å². The highest BCUT2D eigenvalue weighted by molar-refractivity contribution is 5.94. The highest BCUT2D eigenvalue weighted by atomic mass is 16.5. The number of esters is 1. The second kappa shape index (κ2) is 6.08. The molecule has 0 saturated heterocycles. The number of hydrogen-bond acceptors (Lipinski definition) is 5. The summed E-state index contributed by atoms with van der Waals surface area (Å²) in [5.74, 6) is -4.16. The summed E-state index contributed by atoms with van der Waals surface area (Å²) in [7, 11) is 0. The summed E-state index contributed by atoms with van der Waals surface area (Å²) < 4.78 is 4.99. The largest absolute Gasteiger partial charge is 0.481 e. The predicted octanol–water partition coefficient (Wildman–Crippen LogP) is 0.0821. The number of carbonyl (C=O) groups is 3. The molecule has 0 aromatic heterocycles. The molecule has 2 aliphatic rings. The molecule has 0 spiro atoms. The maximum absolute atomic E-state index is 12.4. The van der Waals surface area contributed by atoms with Gasteiger partial charge in [-0.2, -0.15) is 0 Å². The molecule has 0 aliphatic heterocycles. The van der Waals surface area contributed by atoms with E-state index in [2.05, 4.69) is 11.9 Å². The highest BCUT2D eigenvalue weighted by Gasteiger charge is 2.62. The number of aliphatic hydroxyl groups is 1. The lowest BCUT2D eigenvalue weighted by Crippen LogP contribution is -2.49. The number of nitrogens with one attached hydrogen (secondary N) is 1. The molecule has 3 N–H and O–H groups in total. The van der Waals surface area contributed by atoms with Gasteiger partial charge in [-0.25, -0.2) is 4.79 Å². The maximum atomic E-state index is 12.4. The number of hydrogen-bond donors (Lipinski definition) is 3. The molecule has 122 valence electrons. The van der Waals surface area contributed by atoms with Gasteiger partial charge in [0.15, 0.2) is 0 Å². The standard InChI is InChI=1S/C15H21NO6/c1-3-8-7-15(8,14(21)22-4-2)16-12(18)10-5-9(17)6-11(10)13(19)20/h3,8-11,17H,1,4-7H2,2H3,(H,16,18)(H,19,20)/t8-,9+,10-,11-,15-/m1/s1. The number of carboxylic acid groups (broad SMARTS) is 1. The number of carbonyl (C=O) groups excluding carboxylic acids is 2. The summed E-state index contributed by atoms with van der Waals surface area (Å²) in [4.78, 5) is 35.7. The summed E-state index contributed by atoms with van der Waals surface area (Å²) in [5, 5.41) is 21.4. The van der Waals surface area contributed by atoms with E-state index in [-0.39, 0.29) is 25.4 Å². The van der Waals surface area contributed by atoms with Crippen LogP contribution in [0, 0.1) is 17.8 Å². The summed E-state index contributed by atoms with van der Waals surface area (Å²) in [6.07, 6.45) is 1.29. The van der Waals surface area contributed by atoms with E-state index in [1.165, 1.54) is 0 Å². The first-order valence-electron chi connectivity index (χ1n) is 7.38. The van der Waals surface area contributed by atoms with Crippen LogP contribution in [0.25, 0.3) is 0 Å². The Labute approximate surface area is 128 Å². The number of aliphatic carboxylic acids is 1. The molecule has 0 aromatic carbocycles. The van der Waals surface area contributed by atoms with Crippen LogP contribution in [0.4, 0.5) is 0 Å². The average molecular weight is 311 g/mol. The lowest BCUT2D eigenvalue weighted by molar-refractivity contribution is -0.150. The Bertz CT molecular complexity index is 504. The molecule has 0 radical (unpaired) electrons. The molecule has 2 rings (SSSR count). The Kier molecular flexibility index (Phi) is 4.55. The van der Waals surface area contributed by atoms with Crippen molar-refractivity contribution in [3.63, 3.8) is 0 Å². The van der Waals surface area contributed by atoms with Crippen molar-refractivity contribution in [2.24, 2.45) is 17.8 Å². The topological polar surface area (TPSA) is 113 Å². The van der Waals surface area contributed by atoms with E-state index in [9.17, 15) is 19.5 Å². The summed E-state index contributed by atoms with van der Waals surface area (Å²) in [6.45, 7) is 5.50. The average Bonchev–Trinajstić information content (AvgIpc) is 3.02. The highest BCUT2D eigenvalue weighted by Crippen LogP contribution is 2.46. The maximum Gasteiger partial charge on any atom is 0.332 e. The van der Waals surface area contributed by atoms with Gasteiger partial charge in [0.2, 0.25) is 5.91 Å². The molecular weight excluding hydrogens is 290 g/mol. The van der Waals surface area contributed by atoms with Crippen molar-refractivity contribution in [1.29, 1.82) is 0 Å². The molecule has 1 amide bonds. The van der Waals surface area contributed by atoms with Crippen LogP contribution in [0.2, 0.25) is 0 Å². The van der Waals surface area contributed by atoms with Crippen LogP contribution in [0.5, 0.6) is 0 Å². The van der Waals surface area contributed by atoms with Crippen molar-refractivity contribution in [3.05, 3.63) is 12.7 Å². The van der Waals surface area contributed by atoms with E-state index in [0.717, 1.165) is 0 Å². The normalized spacial score (nSPS) is 36.5. The first kappa shape index (κ1) is 16.5. The SMILES string of the molecule is C=C[C@@H]1C[C@]1(NC(=O)[C@@H]1C[C@H](O)C[C@H]1C(=O)O)C(=O)OCC. The minimum absolute atomic E-state index is 0.0463. The number of aliphatic hydroxyl groups excluding tert-OH is 1. The monoisotopic (exact) mass is 311 g/mol. The van der Waals surface area contributed by atoms with E-state index in [1.54, 1.807) is 13.0 Å². The number of rotatable bonds is 6. The first-order chi connectivity index (χ1) is 10.4. The van der Waals surface area contributed by atoms with Crippen LogP contribution in [0.1, 0.15) is 26.2 Å². The Morgan fingerprint density at radius 2 is 2.00 bits per heavy atom. The molecule has 0 unspecified atom stereocenters. The zero-order chi connectivity index (χ0) is 16.5. The molecule has 7 nitrogen and oxygen atoms in total. The van der Waals surface area contributed by atoms with E-state index in [1.807, 2.05) is 0 Å². The Balaban J connectivity index is 2.11. The van der Waals surface area contributed by atoms with Gasteiger partial charge in [0.1, 0.15) is 5.54 Å². The van der Waals surface area contributed by atoms with Gasteiger partial charge in [0.25, 0.3) is 0 Å². The van der Waals surface area contributed by atoms with Crippen LogP contribution in [-0.4, -0.2) is 46.3 Å². The first-order valence-corrected chi connectivity index (χ1v) is 7.38. The molecule has 5 atom stereocenters. The molecule has 2 saturated carbocycles. The fourth-order valence-corrected chi connectivity index (χ4v) is 3.15. The fraction of sp³-hybridized carbons (Fsp3) is 0.667. The zero-order valence-electron chi connectivity index (χ0n) is 12.4. The quantitative estimate of drug-likeness (QED) is 0.473. The van der Waals surface area contributed by atoms with Gasteiger partial charge in [-0.15, -0.1) is 6.58 Å². The van der Waals surface area contributed by atoms with E-state index < -0.39 is 41.3 Å². The van der Waals surface area contributed by atoms with E-state index in [4.69, 9.17) is 9.84 Å². The van der Waals surface area contributed by atoms with Gasteiger partial charge < -0.3 is 20.3 Å². The number of ether oxygens (including phenoxy) is 1. The Hall–Kier alpha value is -1.89. The number of carboxylic acids is 1. The summed E-state index contributed by atoms with van der Waals surface area (Å²) >= 11 is 0. The fourth-order valence-electron chi connectivity index (χ4n) is 3.15. The van der Waals surface area contributed by atoms with Crippen LogP contribution < -0.4 is 5.32 Å². The molecule has 2 fully saturated rings. The van der Waals surface area contributed by atoms with E-state index >= 15 is 0 Å². The van der Waals surface area contributed by atoms with Crippen molar-refractivity contribution < 1.29 is 29.3 Å². The van der Waals surface area contributed by atoms with Gasteiger partial charge in [0.05, 0.1) is 24.5 Å². The Morgan fingerprint density at radius 3 is 2.50 bits per heavy atom. The minimum Gasteiger partial charge on any atom is -0.481 e. The van der Waals surface area contributed by atoms with Crippen molar-refractivity contribution in [2.45, 2.75) is 37.8 Å². The van der Waals surface area contributed by atoms with Crippen molar-refractivity contribution in [2.75, 3.05) is 6.61 Å². The number of amides is 1. The summed E-state index contributed by atoms with van der Waals surface area (Å²) in [5.41, 5.74) is -1.13. The van der Waals surface area contributed by atoms with Crippen LogP contribution in [0.15, 0.2) is 12.7 Å². The molecule has 0 heterocycles. The molecule has 0 aromatic rings. The molecule has 0 bridgehead atoms.